The molecular formula is C20H24N4O4S. The van der Waals surface area contributed by atoms with E-state index < -0.39 is 10.0 Å². The summed E-state index contributed by atoms with van der Waals surface area (Å²) in [6.45, 7) is 3.76. The number of methoxy groups -OCH3 is 1. The second-order valence-corrected chi connectivity index (χ2v) is 8.52. The van der Waals surface area contributed by atoms with Crippen molar-refractivity contribution in [3.63, 3.8) is 0 Å². The number of ether oxygens (including phenoxy) is 1. The Morgan fingerprint density at radius 1 is 1.10 bits per heavy atom. The van der Waals surface area contributed by atoms with Crippen molar-refractivity contribution in [2.24, 2.45) is 7.05 Å². The third kappa shape index (κ3) is 4.41. The first kappa shape index (κ1) is 20.8. The molecule has 0 saturated carbocycles. The van der Waals surface area contributed by atoms with E-state index in [4.69, 9.17) is 4.74 Å². The molecule has 154 valence electrons. The van der Waals surface area contributed by atoms with Gasteiger partial charge in [0.05, 0.1) is 18.6 Å². The van der Waals surface area contributed by atoms with Crippen molar-refractivity contribution in [1.82, 2.24) is 19.1 Å². The molecule has 0 saturated heterocycles. The van der Waals surface area contributed by atoms with Crippen LogP contribution in [0.2, 0.25) is 0 Å². The Kier molecular flexibility index (Phi) is 5.90. The molecule has 1 N–H and O–H groups in total. The zero-order chi connectivity index (χ0) is 21.2. The number of nitrogens with one attached hydrogen (secondary N) is 1. The summed E-state index contributed by atoms with van der Waals surface area (Å²) < 4.78 is 35.6. The summed E-state index contributed by atoms with van der Waals surface area (Å²) in [6.07, 6.45) is 0. The first-order valence-electron chi connectivity index (χ1n) is 9.08. The Balaban J connectivity index is 1.76. The summed E-state index contributed by atoms with van der Waals surface area (Å²) in [4.78, 5) is 12.7. The van der Waals surface area contributed by atoms with Crippen LogP contribution in [0.25, 0.3) is 11.4 Å². The molecule has 2 aromatic carbocycles. The van der Waals surface area contributed by atoms with Crippen LogP contribution < -0.4 is 15.1 Å². The van der Waals surface area contributed by atoms with Gasteiger partial charge in [-0.3, -0.25) is 4.57 Å². The Labute approximate surface area is 169 Å². The lowest BCUT2D eigenvalue weighted by Gasteiger charge is -2.10. The smallest absolute Gasteiger partial charge is 0.345 e. The number of rotatable bonds is 7. The van der Waals surface area contributed by atoms with Crippen LogP contribution in [0.1, 0.15) is 11.1 Å². The lowest BCUT2D eigenvalue weighted by molar-refractivity contribution is 0.415. The molecular weight excluding hydrogens is 392 g/mol. The van der Waals surface area contributed by atoms with Crippen molar-refractivity contribution in [3.8, 4) is 17.1 Å². The number of nitrogens with zero attached hydrogens (tertiary/aromatic N) is 3. The molecule has 0 aliphatic heterocycles. The summed E-state index contributed by atoms with van der Waals surface area (Å²) in [7, 11) is -0.461. The fourth-order valence-electron chi connectivity index (χ4n) is 2.99. The van der Waals surface area contributed by atoms with Crippen LogP contribution in [-0.2, 0) is 23.6 Å². The van der Waals surface area contributed by atoms with Crippen LogP contribution in [0.3, 0.4) is 0 Å². The van der Waals surface area contributed by atoms with Gasteiger partial charge in [0, 0.05) is 19.2 Å². The highest BCUT2D eigenvalue weighted by Crippen LogP contribution is 2.19. The van der Waals surface area contributed by atoms with Crippen LogP contribution in [0.15, 0.2) is 52.2 Å². The third-order valence-corrected chi connectivity index (χ3v) is 6.24. The van der Waals surface area contributed by atoms with Crippen molar-refractivity contribution in [2.45, 2.75) is 25.3 Å². The Bertz CT molecular complexity index is 1180. The van der Waals surface area contributed by atoms with Gasteiger partial charge in [0.25, 0.3) is 0 Å². The minimum absolute atomic E-state index is 0.0503. The Hall–Kier alpha value is -2.91. The monoisotopic (exact) mass is 416 g/mol. The molecule has 0 aliphatic rings. The molecule has 9 heteroatoms. The Morgan fingerprint density at radius 3 is 2.45 bits per heavy atom. The quantitative estimate of drug-likeness (QED) is 0.634. The van der Waals surface area contributed by atoms with E-state index in [0.717, 1.165) is 11.1 Å². The molecule has 29 heavy (non-hydrogen) atoms. The number of hydrogen-bond acceptors (Lipinski definition) is 5. The second kappa shape index (κ2) is 8.22. The van der Waals surface area contributed by atoms with Gasteiger partial charge in [-0.1, -0.05) is 12.1 Å². The van der Waals surface area contributed by atoms with Crippen molar-refractivity contribution >= 4 is 10.0 Å². The average molecular weight is 417 g/mol. The van der Waals surface area contributed by atoms with Gasteiger partial charge in [-0.25, -0.2) is 22.6 Å². The Morgan fingerprint density at radius 2 is 1.79 bits per heavy atom. The summed E-state index contributed by atoms with van der Waals surface area (Å²) in [5, 5.41) is 4.35. The van der Waals surface area contributed by atoms with Gasteiger partial charge in [0.2, 0.25) is 10.0 Å². The first-order chi connectivity index (χ1) is 13.7. The molecule has 1 heterocycles. The van der Waals surface area contributed by atoms with Crippen LogP contribution >= 0.6 is 0 Å². The molecule has 0 atom stereocenters. The fraction of sp³-hybridized carbons (Fsp3) is 0.300. The van der Waals surface area contributed by atoms with Crippen LogP contribution in [-0.4, -0.2) is 36.4 Å². The normalized spacial score (nSPS) is 11.6. The van der Waals surface area contributed by atoms with E-state index in [1.165, 1.54) is 9.25 Å². The topological polar surface area (TPSA) is 95.2 Å². The number of benzene rings is 2. The predicted octanol–water partition coefficient (Wildman–Crippen LogP) is 1.85. The maximum atomic E-state index is 12.6. The molecule has 1 aromatic heterocycles. The molecule has 0 bridgehead atoms. The van der Waals surface area contributed by atoms with Crippen molar-refractivity contribution < 1.29 is 13.2 Å². The number of sulfonamides is 1. The van der Waals surface area contributed by atoms with Gasteiger partial charge < -0.3 is 4.74 Å². The maximum absolute atomic E-state index is 12.6. The van der Waals surface area contributed by atoms with E-state index in [1.807, 2.05) is 25.1 Å². The molecule has 0 unspecified atom stereocenters. The SMILES string of the molecule is COc1ccc(-c2nn(CCNS(=O)(=O)c3cc(C)ccc3C)c(=O)n2C)cc1. The van der Waals surface area contributed by atoms with Crippen molar-refractivity contribution in [1.29, 1.82) is 0 Å². The molecule has 0 spiro atoms. The zero-order valence-corrected chi connectivity index (χ0v) is 17.7. The average Bonchev–Trinajstić information content (AvgIpc) is 2.98. The van der Waals surface area contributed by atoms with Crippen LogP contribution in [0.4, 0.5) is 0 Å². The van der Waals surface area contributed by atoms with E-state index in [0.29, 0.717) is 17.1 Å². The van der Waals surface area contributed by atoms with Gasteiger partial charge >= 0.3 is 5.69 Å². The van der Waals surface area contributed by atoms with E-state index >= 15 is 0 Å². The molecule has 0 aliphatic carbocycles. The third-order valence-electron chi connectivity index (χ3n) is 4.64. The summed E-state index contributed by atoms with van der Waals surface area (Å²) in [6, 6.07) is 12.5. The summed E-state index contributed by atoms with van der Waals surface area (Å²) in [5.41, 5.74) is 1.97. The van der Waals surface area contributed by atoms with Crippen molar-refractivity contribution in [3.05, 3.63) is 64.1 Å². The zero-order valence-electron chi connectivity index (χ0n) is 16.8. The van der Waals surface area contributed by atoms with Crippen LogP contribution in [0.5, 0.6) is 5.75 Å². The molecule has 3 aromatic rings. The minimum atomic E-state index is -3.67. The highest BCUT2D eigenvalue weighted by atomic mass is 32.2. The molecule has 0 radical (unpaired) electrons. The first-order valence-corrected chi connectivity index (χ1v) is 10.6. The standard InChI is InChI=1S/C20H24N4O4S/c1-14-5-6-15(2)18(13-14)29(26,27)21-11-12-24-20(25)23(3)19(22-24)16-7-9-17(28-4)10-8-16/h5-10,13,21H,11-12H2,1-4H3. The van der Waals surface area contributed by atoms with Gasteiger partial charge in [0.1, 0.15) is 5.75 Å². The lowest BCUT2D eigenvalue weighted by Crippen LogP contribution is -2.32. The van der Waals surface area contributed by atoms with Crippen molar-refractivity contribution in [2.75, 3.05) is 13.7 Å². The molecule has 3 rings (SSSR count). The second-order valence-electron chi connectivity index (χ2n) is 6.78. The van der Waals surface area contributed by atoms with E-state index in [1.54, 1.807) is 45.3 Å². The largest absolute Gasteiger partial charge is 0.497 e. The van der Waals surface area contributed by atoms with Gasteiger partial charge in [-0.15, -0.1) is 5.10 Å². The van der Waals surface area contributed by atoms with Gasteiger partial charge in [0.15, 0.2) is 5.82 Å². The molecule has 0 fully saturated rings. The van der Waals surface area contributed by atoms with E-state index in [9.17, 15) is 13.2 Å². The van der Waals surface area contributed by atoms with Crippen LogP contribution in [0, 0.1) is 13.8 Å². The predicted molar refractivity (Wildman–Crippen MR) is 111 cm³/mol. The minimum Gasteiger partial charge on any atom is -0.497 e. The fourth-order valence-corrected chi connectivity index (χ4v) is 4.33. The highest BCUT2D eigenvalue weighted by Gasteiger charge is 2.17. The van der Waals surface area contributed by atoms with E-state index in [-0.39, 0.29) is 23.7 Å². The lowest BCUT2D eigenvalue weighted by atomic mass is 10.2. The van der Waals surface area contributed by atoms with E-state index in [2.05, 4.69) is 9.82 Å². The molecule has 8 nitrogen and oxygen atoms in total. The van der Waals surface area contributed by atoms with Gasteiger partial charge in [-0.05, 0) is 55.3 Å². The molecule has 0 amide bonds. The number of aryl methyl sites for hydroxylation is 2. The number of hydrogen-bond donors (Lipinski definition) is 1. The summed E-state index contributed by atoms with van der Waals surface area (Å²) >= 11 is 0. The maximum Gasteiger partial charge on any atom is 0.345 e. The number of aromatic nitrogens is 3. The van der Waals surface area contributed by atoms with Gasteiger partial charge in [-0.2, -0.15) is 0 Å². The summed E-state index contributed by atoms with van der Waals surface area (Å²) in [5.74, 6) is 1.20. The highest BCUT2D eigenvalue weighted by molar-refractivity contribution is 7.89.